The molecule has 2 atom stereocenters. The Hall–Kier alpha value is -2.27. The summed E-state index contributed by atoms with van der Waals surface area (Å²) in [6, 6.07) is 12.3. The molecule has 0 aromatic heterocycles. The van der Waals surface area contributed by atoms with Gasteiger partial charge in [0, 0.05) is 57.8 Å². The molecule has 0 radical (unpaired) electrons. The Morgan fingerprint density at radius 1 is 1.14 bits per heavy atom. The summed E-state index contributed by atoms with van der Waals surface area (Å²) >= 11 is 0. The van der Waals surface area contributed by atoms with E-state index in [-0.39, 0.29) is 5.82 Å². The molecule has 3 heterocycles. The molecule has 0 N–H and O–H groups in total. The summed E-state index contributed by atoms with van der Waals surface area (Å²) in [6.07, 6.45) is 2.10. The van der Waals surface area contributed by atoms with Gasteiger partial charge in [-0.3, -0.25) is 0 Å². The number of methoxy groups -OCH3 is 1. The van der Waals surface area contributed by atoms with E-state index in [1.165, 1.54) is 35.5 Å². The Bertz CT molecular complexity index is 886. The number of nitrogens with zero attached hydrogens (tertiary/aromatic N) is 3. The molecule has 28 heavy (non-hydrogen) atoms. The second-order valence-electron chi connectivity index (χ2n) is 8.30. The number of likely N-dealkylation sites (N-methyl/N-ethyl adjacent to an activating group) is 1. The van der Waals surface area contributed by atoms with E-state index >= 15 is 0 Å². The van der Waals surface area contributed by atoms with Crippen LogP contribution in [0.5, 0.6) is 5.75 Å². The van der Waals surface area contributed by atoms with Crippen LogP contribution in [0.4, 0.5) is 15.8 Å². The highest BCUT2D eigenvalue weighted by atomic mass is 19.1. The van der Waals surface area contributed by atoms with Gasteiger partial charge in [-0.05, 0) is 36.1 Å². The highest BCUT2D eigenvalue weighted by Gasteiger charge is 2.44. The van der Waals surface area contributed by atoms with E-state index in [9.17, 15) is 4.39 Å². The van der Waals surface area contributed by atoms with Gasteiger partial charge in [0.1, 0.15) is 11.6 Å². The first-order valence-corrected chi connectivity index (χ1v) is 10.3. The summed E-state index contributed by atoms with van der Waals surface area (Å²) in [5.74, 6) is 1.01. The minimum Gasteiger partial charge on any atom is -0.496 e. The summed E-state index contributed by atoms with van der Waals surface area (Å²) in [5, 5.41) is 0. The van der Waals surface area contributed by atoms with Gasteiger partial charge in [-0.15, -0.1) is 0 Å². The van der Waals surface area contributed by atoms with Crippen molar-refractivity contribution >= 4 is 11.4 Å². The summed E-state index contributed by atoms with van der Waals surface area (Å²) in [4.78, 5) is 7.65. The number of anilines is 2. The number of hydrogen-bond acceptors (Lipinski definition) is 4. The minimum atomic E-state index is -0.240. The van der Waals surface area contributed by atoms with Crippen LogP contribution in [0.3, 0.4) is 0 Å². The number of ether oxygens (including phenoxy) is 1. The predicted octanol–water partition coefficient (Wildman–Crippen LogP) is 3.50. The molecule has 2 aromatic rings. The fraction of sp³-hybridized carbons (Fsp3) is 0.478. The van der Waals surface area contributed by atoms with Gasteiger partial charge in [-0.2, -0.15) is 0 Å². The molecule has 0 spiro atoms. The fourth-order valence-corrected chi connectivity index (χ4v) is 5.38. The quantitative estimate of drug-likeness (QED) is 0.807. The molecule has 0 saturated carbocycles. The number of hydrogen-bond donors (Lipinski definition) is 0. The average Bonchev–Trinajstić information content (AvgIpc) is 3.04. The lowest BCUT2D eigenvalue weighted by Gasteiger charge is -2.41. The second kappa shape index (κ2) is 6.96. The lowest BCUT2D eigenvalue weighted by atomic mass is 9.89. The number of benzene rings is 2. The monoisotopic (exact) mass is 381 g/mol. The molecule has 5 heteroatoms. The van der Waals surface area contributed by atoms with Crippen molar-refractivity contribution in [2.24, 2.45) is 0 Å². The van der Waals surface area contributed by atoms with E-state index in [2.05, 4.69) is 39.9 Å². The molecule has 0 amide bonds. The van der Waals surface area contributed by atoms with E-state index in [1.54, 1.807) is 7.11 Å². The van der Waals surface area contributed by atoms with Gasteiger partial charge in [0.05, 0.1) is 18.5 Å². The second-order valence-corrected chi connectivity index (χ2v) is 8.30. The normalized spacial score (nSPS) is 23.5. The van der Waals surface area contributed by atoms with Crippen LogP contribution in [0.2, 0.25) is 0 Å². The van der Waals surface area contributed by atoms with Crippen LogP contribution in [0.1, 0.15) is 23.5 Å². The number of piperidine rings is 1. The van der Waals surface area contributed by atoms with Crippen LogP contribution >= 0.6 is 0 Å². The molecular weight excluding hydrogens is 353 g/mol. The SMILES string of the molecule is COc1cc(F)ccc1CCN1CC[C@H]2[C@@H](C1)c1cccc3c1N2CCN3C. The van der Waals surface area contributed by atoms with Crippen LogP contribution in [-0.2, 0) is 6.42 Å². The number of rotatable bonds is 4. The molecule has 3 aliphatic heterocycles. The van der Waals surface area contributed by atoms with Crippen LogP contribution < -0.4 is 14.5 Å². The summed E-state index contributed by atoms with van der Waals surface area (Å²) < 4.78 is 18.8. The molecule has 5 rings (SSSR count). The molecule has 0 unspecified atom stereocenters. The number of halogens is 1. The molecule has 2 aromatic carbocycles. The predicted molar refractivity (Wildman–Crippen MR) is 111 cm³/mol. The standard InChI is InChI=1S/C23H28FN3O/c1-25-12-13-27-20-9-11-26(10-8-16-6-7-17(24)14-22(16)28-2)15-19(20)18-4-3-5-21(25)23(18)27/h3-7,14,19-20H,8-13,15H2,1-2H3/t19-,20-/m0/s1. The highest BCUT2D eigenvalue weighted by Crippen LogP contribution is 2.50. The molecule has 1 saturated heterocycles. The highest BCUT2D eigenvalue weighted by molar-refractivity contribution is 5.80. The van der Waals surface area contributed by atoms with Crippen molar-refractivity contribution in [2.45, 2.75) is 24.8 Å². The van der Waals surface area contributed by atoms with Crippen molar-refractivity contribution < 1.29 is 9.13 Å². The van der Waals surface area contributed by atoms with Crippen molar-refractivity contribution in [1.82, 2.24) is 4.90 Å². The molecule has 0 bridgehead atoms. The van der Waals surface area contributed by atoms with Gasteiger partial charge in [-0.25, -0.2) is 4.39 Å². The lowest BCUT2D eigenvalue weighted by molar-refractivity contribution is 0.195. The Morgan fingerprint density at radius 2 is 2.04 bits per heavy atom. The van der Waals surface area contributed by atoms with Crippen molar-refractivity contribution in [3.63, 3.8) is 0 Å². The average molecular weight is 381 g/mol. The Kier molecular flexibility index (Phi) is 4.43. The smallest absolute Gasteiger partial charge is 0.126 e. The first kappa shape index (κ1) is 17.8. The first-order chi connectivity index (χ1) is 13.7. The maximum absolute atomic E-state index is 13.5. The molecule has 3 aliphatic rings. The zero-order chi connectivity index (χ0) is 19.3. The third-order valence-corrected chi connectivity index (χ3v) is 6.83. The van der Waals surface area contributed by atoms with Crippen molar-refractivity contribution in [3.05, 3.63) is 53.3 Å². The fourth-order valence-electron chi connectivity index (χ4n) is 5.38. The van der Waals surface area contributed by atoms with E-state index in [1.807, 2.05) is 6.07 Å². The molecule has 148 valence electrons. The number of fused-ring (bicyclic) bond motifs is 3. The Balaban J connectivity index is 1.33. The number of likely N-dealkylation sites (tertiary alicyclic amines) is 1. The van der Waals surface area contributed by atoms with Gasteiger partial charge in [-0.1, -0.05) is 18.2 Å². The van der Waals surface area contributed by atoms with Gasteiger partial charge >= 0.3 is 0 Å². The van der Waals surface area contributed by atoms with E-state index < -0.39 is 0 Å². The zero-order valence-corrected chi connectivity index (χ0v) is 16.7. The third-order valence-electron chi connectivity index (χ3n) is 6.83. The largest absolute Gasteiger partial charge is 0.496 e. The van der Waals surface area contributed by atoms with E-state index in [0.29, 0.717) is 17.7 Å². The van der Waals surface area contributed by atoms with Crippen molar-refractivity contribution in [3.8, 4) is 5.75 Å². The van der Waals surface area contributed by atoms with Crippen LogP contribution in [0.25, 0.3) is 0 Å². The summed E-state index contributed by atoms with van der Waals surface area (Å²) in [5.41, 5.74) is 5.48. The summed E-state index contributed by atoms with van der Waals surface area (Å²) in [6.45, 7) is 5.45. The molecular formula is C23H28FN3O. The van der Waals surface area contributed by atoms with E-state index in [4.69, 9.17) is 4.74 Å². The van der Waals surface area contributed by atoms with E-state index in [0.717, 1.165) is 44.7 Å². The minimum absolute atomic E-state index is 0.240. The van der Waals surface area contributed by atoms with Crippen molar-refractivity contribution in [2.75, 3.05) is 56.7 Å². The van der Waals surface area contributed by atoms with Gasteiger partial charge in [0.15, 0.2) is 0 Å². The van der Waals surface area contributed by atoms with Gasteiger partial charge in [0.25, 0.3) is 0 Å². The van der Waals surface area contributed by atoms with Gasteiger partial charge in [0.2, 0.25) is 0 Å². The number of para-hydroxylation sites is 1. The summed E-state index contributed by atoms with van der Waals surface area (Å²) in [7, 11) is 3.82. The topological polar surface area (TPSA) is 19.0 Å². The van der Waals surface area contributed by atoms with Crippen LogP contribution in [0, 0.1) is 5.82 Å². The third kappa shape index (κ3) is 2.84. The lowest BCUT2D eigenvalue weighted by Crippen LogP contribution is -2.49. The zero-order valence-electron chi connectivity index (χ0n) is 16.7. The molecule has 4 nitrogen and oxygen atoms in total. The van der Waals surface area contributed by atoms with Crippen molar-refractivity contribution in [1.29, 1.82) is 0 Å². The van der Waals surface area contributed by atoms with Crippen LogP contribution in [-0.4, -0.2) is 57.8 Å². The maximum Gasteiger partial charge on any atom is 0.126 e. The molecule has 1 fully saturated rings. The molecule has 0 aliphatic carbocycles. The van der Waals surface area contributed by atoms with Gasteiger partial charge < -0.3 is 19.4 Å². The Labute approximate surface area is 166 Å². The Morgan fingerprint density at radius 3 is 2.89 bits per heavy atom. The van der Waals surface area contributed by atoms with Crippen LogP contribution in [0.15, 0.2) is 36.4 Å². The first-order valence-electron chi connectivity index (χ1n) is 10.3. The maximum atomic E-state index is 13.5.